The van der Waals surface area contributed by atoms with Crippen LogP contribution in [0.3, 0.4) is 0 Å². The van der Waals surface area contributed by atoms with E-state index in [4.69, 9.17) is 14.9 Å². The second-order valence-electron chi connectivity index (χ2n) is 8.90. The number of allylic oxidation sites excluding steroid dienone is 1. The van der Waals surface area contributed by atoms with E-state index in [0.29, 0.717) is 16.9 Å². The Morgan fingerprint density at radius 1 is 1.26 bits per heavy atom. The number of nitrogens with two attached hydrogens (primary N) is 1. The van der Waals surface area contributed by atoms with Gasteiger partial charge in [0.25, 0.3) is 0 Å². The topological polar surface area (TPSA) is 113 Å². The predicted octanol–water partition coefficient (Wildman–Crippen LogP) is 3.67. The maximum Gasteiger partial charge on any atom is 0.349 e. The summed E-state index contributed by atoms with van der Waals surface area (Å²) in [5.41, 5.74) is 10.4. The van der Waals surface area contributed by atoms with Crippen LogP contribution in [0, 0.1) is 0 Å². The van der Waals surface area contributed by atoms with E-state index < -0.39 is 0 Å². The SMILES string of the molecule is CN=C/C(=C\N)c1ccc2oc3c(-c4cnn(C)c4)nc(=O)n(C4CC(C)OC(C)C4)c3c2c1. The molecule has 0 radical (unpaired) electrons. The van der Waals surface area contributed by atoms with Gasteiger partial charge in [-0.15, -0.1) is 0 Å². The van der Waals surface area contributed by atoms with Crippen molar-refractivity contribution in [2.45, 2.75) is 44.9 Å². The molecule has 0 amide bonds. The van der Waals surface area contributed by atoms with Gasteiger partial charge in [0.15, 0.2) is 5.58 Å². The minimum Gasteiger partial charge on any atom is -0.452 e. The largest absolute Gasteiger partial charge is 0.452 e. The van der Waals surface area contributed by atoms with Crippen molar-refractivity contribution in [3.8, 4) is 11.3 Å². The Morgan fingerprint density at radius 2 is 2.03 bits per heavy atom. The standard InChI is InChI=1S/C25H28N6O3/c1-14-7-19(8-15(2)33-14)31-23-20-9-16(17(10-26)11-27-3)5-6-21(20)34-24(23)22(29-25(31)32)18-12-28-30(4)13-18/h5-6,9-15,19H,7-8,26H2,1-4H3/b17-10+,27-11?. The summed E-state index contributed by atoms with van der Waals surface area (Å²) in [6.07, 6.45) is 8.26. The Balaban J connectivity index is 1.84. The number of fused-ring (bicyclic) bond motifs is 3. The fourth-order valence-electron chi connectivity index (χ4n) is 4.97. The average Bonchev–Trinajstić information content (AvgIpc) is 3.39. The maximum atomic E-state index is 13.6. The van der Waals surface area contributed by atoms with E-state index in [1.807, 2.05) is 45.3 Å². The van der Waals surface area contributed by atoms with Gasteiger partial charge >= 0.3 is 5.69 Å². The number of rotatable bonds is 4. The number of hydrogen-bond acceptors (Lipinski definition) is 7. The van der Waals surface area contributed by atoms with Gasteiger partial charge in [-0.2, -0.15) is 10.1 Å². The third-order valence-corrected chi connectivity index (χ3v) is 6.33. The minimum atomic E-state index is -0.310. The molecule has 176 valence electrons. The van der Waals surface area contributed by atoms with Crippen LogP contribution in [0.4, 0.5) is 0 Å². The third kappa shape index (κ3) is 3.71. The molecule has 0 bridgehead atoms. The predicted molar refractivity (Wildman–Crippen MR) is 133 cm³/mol. The number of furan rings is 1. The summed E-state index contributed by atoms with van der Waals surface area (Å²) in [6, 6.07) is 5.77. The number of aryl methyl sites for hydroxylation is 1. The molecule has 5 rings (SSSR count). The molecule has 1 aromatic carbocycles. The highest BCUT2D eigenvalue weighted by Crippen LogP contribution is 2.38. The van der Waals surface area contributed by atoms with Gasteiger partial charge in [0, 0.05) is 55.3 Å². The molecular formula is C25H28N6O3. The fraction of sp³-hybridized carbons (Fsp3) is 0.360. The van der Waals surface area contributed by atoms with Crippen LogP contribution < -0.4 is 11.4 Å². The summed E-state index contributed by atoms with van der Waals surface area (Å²) in [6.45, 7) is 4.08. The average molecular weight is 461 g/mol. The number of nitrogens with zero attached hydrogens (tertiary/aromatic N) is 5. The second-order valence-corrected chi connectivity index (χ2v) is 8.90. The highest BCUT2D eigenvalue weighted by molar-refractivity contribution is 6.13. The first-order valence-electron chi connectivity index (χ1n) is 11.4. The van der Waals surface area contributed by atoms with Gasteiger partial charge < -0.3 is 14.9 Å². The van der Waals surface area contributed by atoms with Crippen molar-refractivity contribution in [3.05, 3.63) is 52.8 Å². The van der Waals surface area contributed by atoms with Crippen LogP contribution in [-0.2, 0) is 11.8 Å². The fourth-order valence-corrected chi connectivity index (χ4v) is 4.97. The van der Waals surface area contributed by atoms with E-state index >= 15 is 0 Å². The summed E-state index contributed by atoms with van der Waals surface area (Å²) < 4.78 is 15.8. The Kier molecular flexibility index (Phi) is 5.57. The van der Waals surface area contributed by atoms with Gasteiger partial charge in [-0.25, -0.2) is 4.79 Å². The zero-order chi connectivity index (χ0) is 24.0. The normalized spacial score (nSPS) is 21.8. The third-order valence-electron chi connectivity index (χ3n) is 6.33. The molecule has 2 atom stereocenters. The Hall–Kier alpha value is -3.72. The molecule has 9 nitrogen and oxygen atoms in total. The quantitative estimate of drug-likeness (QED) is 0.465. The van der Waals surface area contributed by atoms with E-state index in [1.54, 1.807) is 28.7 Å². The number of ether oxygens (including phenoxy) is 1. The Morgan fingerprint density at radius 3 is 2.68 bits per heavy atom. The highest BCUT2D eigenvalue weighted by atomic mass is 16.5. The van der Waals surface area contributed by atoms with E-state index in [2.05, 4.69) is 15.1 Å². The van der Waals surface area contributed by atoms with Crippen LogP contribution >= 0.6 is 0 Å². The van der Waals surface area contributed by atoms with Gasteiger partial charge in [0.05, 0.1) is 18.4 Å². The summed E-state index contributed by atoms with van der Waals surface area (Å²) in [5, 5.41) is 5.08. The molecule has 1 saturated heterocycles. The Labute approximate surface area is 196 Å². The number of benzene rings is 1. The summed E-state index contributed by atoms with van der Waals surface area (Å²) >= 11 is 0. The zero-order valence-electron chi connectivity index (χ0n) is 19.7. The molecule has 34 heavy (non-hydrogen) atoms. The summed E-state index contributed by atoms with van der Waals surface area (Å²) in [4.78, 5) is 22.1. The van der Waals surface area contributed by atoms with E-state index in [-0.39, 0.29) is 23.9 Å². The van der Waals surface area contributed by atoms with Crippen molar-refractivity contribution in [1.82, 2.24) is 19.3 Å². The molecule has 2 N–H and O–H groups in total. The van der Waals surface area contributed by atoms with Crippen molar-refractivity contribution >= 4 is 33.9 Å². The van der Waals surface area contributed by atoms with E-state index in [0.717, 1.165) is 40.4 Å². The van der Waals surface area contributed by atoms with Crippen LogP contribution in [-0.4, -0.2) is 44.8 Å². The highest BCUT2D eigenvalue weighted by Gasteiger charge is 2.30. The lowest BCUT2D eigenvalue weighted by Gasteiger charge is -2.33. The van der Waals surface area contributed by atoms with Gasteiger partial charge in [-0.3, -0.25) is 14.2 Å². The van der Waals surface area contributed by atoms with Crippen LogP contribution in [0.2, 0.25) is 0 Å². The maximum absolute atomic E-state index is 13.6. The zero-order valence-corrected chi connectivity index (χ0v) is 19.7. The first-order chi connectivity index (χ1) is 16.4. The molecule has 1 aliphatic heterocycles. The number of aromatic nitrogens is 4. The minimum absolute atomic E-state index is 0.0370. The molecule has 1 fully saturated rings. The second kappa shape index (κ2) is 8.57. The van der Waals surface area contributed by atoms with Gasteiger partial charge in [0.1, 0.15) is 16.8 Å². The first-order valence-corrected chi connectivity index (χ1v) is 11.4. The smallest absolute Gasteiger partial charge is 0.349 e. The van der Waals surface area contributed by atoms with Crippen molar-refractivity contribution < 1.29 is 9.15 Å². The monoisotopic (exact) mass is 460 g/mol. The molecule has 0 saturated carbocycles. The van der Waals surface area contributed by atoms with Crippen molar-refractivity contribution in [2.24, 2.45) is 17.8 Å². The molecule has 0 spiro atoms. The molecule has 3 aromatic heterocycles. The molecule has 2 unspecified atom stereocenters. The molecule has 1 aliphatic rings. The Bertz CT molecular complexity index is 1480. The van der Waals surface area contributed by atoms with Crippen molar-refractivity contribution in [3.63, 3.8) is 0 Å². The first kappa shape index (κ1) is 22.1. The lowest BCUT2D eigenvalue weighted by atomic mass is 9.98. The van der Waals surface area contributed by atoms with Crippen LogP contribution in [0.25, 0.3) is 38.9 Å². The lowest BCUT2D eigenvalue weighted by molar-refractivity contribution is -0.0486. The van der Waals surface area contributed by atoms with Crippen LogP contribution in [0.5, 0.6) is 0 Å². The molecular weight excluding hydrogens is 432 g/mol. The lowest BCUT2D eigenvalue weighted by Crippen LogP contribution is -2.36. The summed E-state index contributed by atoms with van der Waals surface area (Å²) in [5.74, 6) is 0. The van der Waals surface area contributed by atoms with E-state index in [9.17, 15) is 4.79 Å². The molecule has 0 aliphatic carbocycles. The number of aliphatic imine (C=N–C) groups is 1. The molecule has 9 heteroatoms. The van der Waals surface area contributed by atoms with Crippen LogP contribution in [0.1, 0.15) is 38.3 Å². The molecule has 4 heterocycles. The van der Waals surface area contributed by atoms with Gasteiger partial charge in [0.2, 0.25) is 0 Å². The molecule has 4 aromatic rings. The summed E-state index contributed by atoms with van der Waals surface area (Å²) in [7, 11) is 3.53. The van der Waals surface area contributed by atoms with E-state index in [1.165, 1.54) is 6.20 Å². The van der Waals surface area contributed by atoms with Gasteiger partial charge in [-0.1, -0.05) is 6.07 Å². The van der Waals surface area contributed by atoms with Crippen molar-refractivity contribution in [1.29, 1.82) is 0 Å². The van der Waals surface area contributed by atoms with Crippen molar-refractivity contribution in [2.75, 3.05) is 7.05 Å². The van der Waals surface area contributed by atoms with Gasteiger partial charge in [-0.05, 0) is 44.4 Å². The number of hydrogen-bond donors (Lipinski definition) is 1. The van der Waals surface area contributed by atoms with Crippen LogP contribution in [0.15, 0.2) is 51.0 Å².